The maximum atomic E-state index is 12.0. The molecule has 0 aromatic heterocycles. The number of nitrogens with zero attached hydrogens (tertiary/aromatic N) is 2. The third-order valence-electron chi connectivity index (χ3n) is 3.33. The quantitative estimate of drug-likeness (QED) is 0.737. The van der Waals surface area contributed by atoms with Crippen LogP contribution in [0.3, 0.4) is 0 Å². The predicted molar refractivity (Wildman–Crippen MR) is 66.8 cm³/mol. The molecule has 1 aliphatic carbocycles. The topological polar surface area (TPSA) is 32.8 Å². The van der Waals surface area contributed by atoms with E-state index in [0.717, 1.165) is 25.2 Å². The Kier molecular flexibility index (Phi) is 4.69. The molecule has 1 aliphatic heterocycles. The Morgan fingerprint density at radius 2 is 2.00 bits per heavy atom. The zero-order valence-corrected chi connectivity index (χ0v) is 11.0. The number of rotatable bonds is 4. The molecule has 1 heterocycles. The van der Waals surface area contributed by atoms with Crippen LogP contribution in [0.4, 0.5) is 13.2 Å². The van der Waals surface area contributed by atoms with Gasteiger partial charge in [0.15, 0.2) is 0 Å². The molecular formula is C13H17F3N2O2. The fourth-order valence-electron chi connectivity index (χ4n) is 2.23. The summed E-state index contributed by atoms with van der Waals surface area (Å²) in [6.45, 7) is 1.60. The summed E-state index contributed by atoms with van der Waals surface area (Å²) in [5.41, 5.74) is 0.988. The lowest BCUT2D eigenvalue weighted by Crippen LogP contribution is -2.45. The van der Waals surface area contributed by atoms with Crippen molar-refractivity contribution in [1.29, 1.82) is 0 Å². The molecule has 1 saturated heterocycles. The van der Waals surface area contributed by atoms with Gasteiger partial charge in [-0.15, -0.1) is 0 Å². The zero-order chi connectivity index (χ0) is 14.6. The van der Waals surface area contributed by atoms with E-state index in [1.165, 1.54) is 0 Å². The summed E-state index contributed by atoms with van der Waals surface area (Å²) in [4.78, 5) is 14.4. The second-order valence-corrected chi connectivity index (χ2v) is 4.82. The number of carbonyl (C=O) groups excluding carboxylic acids is 1. The molecule has 7 heteroatoms. The smallest absolute Gasteiger partial charge is 0.368 e. The van der Waals surface area contributed by atoms with E-state index in [1.807, 2.05) is 6.08 Å². The molecular weight excluding hydrogens is 273 g/mol. The highest BCUT2D eigenvalue weighted by molar-refractivity contribution is 5.47. The highest BCUT2D eigenvalue weighted by atomic mass is 19.4. The third kappa shape index (κ3) is 4.26. The molecule has 0 N–H and O–H groups in total. The first-order chi connectivity index (χ1) is 9.48. The molecule has 0 aromatic carbocycles. The van der Waals surface area contributed by atoms with Crippen LogP contribution in [0, 0.1) is 0 Å². The van der Waals surface area contributed by atoms with Crippen molar-refractivity contribution in [2.75, 3.05) is 32.8 Å². The Balaban J connectivity index is 1.79. The first kappa shape index (κ1) is 14.9. The molecule has 20 heavy (non-hydrogen) atoms. The van der Waals surface area contributed by atoms with Crippen molar-refractivity contribution in [1.82, 2.24) is 9.80 Å². The number of carbonyl (C=O) groups is 1. The molecule has 0 unspecified atom stereocenters. The maximum Gasteiger partial charge on any atom is 0.411 e. The molecule has 0 saturated carbocycles. The Bertz CT molecular complexity index is 399. The SMILES string of the molecule is O=CN1CCN(C2=CC[C@@H](OCC(F)(F)F)C=C2)CC1. The van der Waals surface area contributed by atoms with Crippen LogP contribution in [0.1, 0.15) is 6.42 Å². The van der Waals surface area contributed by atoms with Crippen molar-refractivity contribution in [3.63, 3.8) is 0 Å². The molecule has 0 spiro atoms. The minimum absolute atomic E-state index is 0.440. The summed E-state index contributed by atoms with van der Waals surface area (Å²) in [6.07, 6.45) is 1.81. The number of amides is 1. The first-order valence-corrected chi connectivity index (χ1v) is 6.49. The summed E-state index contributed by atoms with van der Waals surface area (Å²) in [5, 5.41) is 0. The fourth-order valence-corrected chi connectivity index (χ4v) is 2.23. The summed E-state index contributed by atoms with van der Waals surface area (Å²) in [5.74, 6) is 0. The molecule has 1 amide bonds. The van der Waals surface area contributed by atoms with Gasteiger partial charge in [-0.25, -0.2) is 0 Å². The van der Waals surface area contributed by atoms with E-state index in [4.69, 9.17) is 4.74 Å². The second kappa shape index (κ2) is 6.30. The number of piperazine rings is 1. The summed E-state index contributed by atoms with van der Waals surface area (Å²) in [6, 6.07) is 0. The molecule has 0 bridgehead atoms. The Morgan fingerprint density at radius 1 is 1.30 bits per heavy atom. The van der Waals surface area contributed by atoms with Crippen LogP contribution in [0.2, 0.25) is 0 Å². The monoisotopic (exact) mass is 290 g/mol. The highest BCUT2D eigenvalue weighted by Crippen LogP contribution is 2.21. The number of alkyl halides is 3. The largest absolute Gasteiger partial charge is 0.411 e. The Hall–Kier alpha value is -1.50. The van der Waals surface area contributed by atoms with Crippen LogP contribution < -0.4 is 0 Å². The normalized spacial score (nSPS) is 23.8. The standard InChI is InChI=1S/C13H17F3N2O2/c14-13(15,16)9-20-12-3-1-11(2-4-12)18-7-5-17(10-19)6-8-18/h1-3,10,12H,4-9H2/t12-/m0/s1. The molecule has 2 aliphatic rings. The van der Waals surface area contributed by atoms with Gasteiger partial charge in [-0.2, -0.15) is 13.2 Å². The summed E-state index contributed by atoms with van der Waals surface area (Å²) in [7, 11) is 0. The van der Waals surface area contributed by atoms with E-state index in [1.54, 1.807) is 17.1 Å². The van der Waals surface area contributed by atoms with Gasteiger partial charge in [0.25, 0.3) is 0 Å². The lowest BCUT2D eigenvalue weighted by atomic mass is 10.1. The van der Waals surface area contributed by atoms with Crippen LogP contribution in [-0.2, 0) is 9.53 Å². The summed E-state index contributed by atoms with van der Waals surface area (Å²) >= 11 is 0. The molecule has 0 radical (unpaired) electrons. The number of ether oxygens (including phenoxy) is 1. The van der Waals surface area contributed by atoms with Crippen molar-refractivity contribution in [2.45, 2.75) is 18.7 Å². The van der Waals surface area contributed by atoms with E-state index >= 15 is 0 Å². The maximum absolute atomic E-state index is 12.0. The minimum Gasteiger partial charge on any atom is -0.368 e. The van der Waals surface area contributed by atoms with Gasteiger partial charge >= 0.3 is 6.18 Å². The van der Waals surface area contributed by atoms with Crippen molar-refractivity contribution in [2.24, 2.45) is 0 Å². The van der Waals surface area contributed by atoms with Crippen LogP contribution in [0.15, 0.2) is 23.9 Å². The van der Waals surface area contributed by atoms with Crippen molar-refractivity contribution in [3.8, 4) is 0 Å². The molecule has 2 rings (SSSR count). The van der Waals surface area contributed by atoms with Gasteiger partial charge in [0, 0.05) is 31.9 Å². The van der Waals surface area contributed by atoms with Gasteiger partial charge < -0.3 is 14.5 Å². The zero-order valence-electron chi connectivity index (χ0n) is 11.0. The fraction of sp³-hybridized carbons (Fsp3) is 0.615. The molecule has 1 atom stereocenters. The van der Waals surface area contributed by atoms with Gasteiger partial charge in [-0.3, -0.25) is 4.79 Å². The van der Waals surface area contributed by atoms with Crippen molar-refractivity contribution in [3.05, 3.63) is 23.9 Å². The molecule has 112 valence electrons. The van der Waals surface area contributed by atoms with Crippen LogP contribution >= 0.6 is 0 Å². The number of hydrogen-bond acceptors (Lipinski definition) is 3. The predicted octanol–water partition coefficient (Wildman–Crippen LogP) is 1.55. The van der Waals surface area contributed by atoms with E-state index in [-0.39, 0.29) is 0 Å². The molecule has 0 aromatic rings. The van der Waals surface area contributed by atoms with E-state index < -0.39 is 18.9 Å². The van der Waals surface area contributed by atoms with Crippen molar-refractivity contribution < 1.29 is 22.7 Å². The van der Waals surface area contributed by atoms with Gasteiger partial charge in [0.1, 0.15) is 6.61 Å². The molecule has 4 nitrogen and oxygen atoms in total. The third-order valence-corrected chi connectivity index (χ3v) is 3.33. The average Bonchev–Trinajstić information content (AvgIpc) is 2.45. The van der Waals surface area contributed by atoms with Crippen molar-refractivity contribution >= 4 is 6.41 Å². The minimum atomic E-state index is -4.29. The first-order valence-electron chi connectivity index (χ1n) is 6.49. The van der Waals surface area contributed by atoms with Crippen LogP contribution in [0.25, 0.3) is 0 Å². The number of hydrogen-bond donors (Lipinski definition) is 0. The van der Waals surface area contributed by atoms with E-state index in [0.29, 0.717) is 19.5 Å². The highest BCUT2D eigenvalue weighted by Gasteiger charge is 2.29. The average molecular weight is 290 g/mol. The van der Waals surface area contributed by atoms with Gasteiger partial charge in [-0.05, 0) is 12.5 Å². The Morgan fingerprint density at radius 3 is 2.50 bits per heavy atom. The second-order valence-electron chi connectivity index (χ2n) is 4.82. The lowest BCUT2D eigenvalue weighted by molar-refractivity contribution is -0.180. The lowest BCUT2D eigenvalue weighted by Gasteiger charge is -2.35. The van der Waals surface area contributed by atoms with Gasteiger partial charge in [0.05, 0.1) is 6.10 Å². The van der Waals surface area contributed by atoms with Gasteiger partial charge in [-0.1, -0.05) is 12.2 Å². The van der Waals surface area contributed by atoms with E-state index in [9.17, 15) is 18.0 Å². The molecule has 1 fully saturated rings. The van der Waals surface area contributed by atoms with Crippen LogP contribution in [0.5, 0.6) is 0 Å². The Labute approximate surface area is 115 Å². The number of halogens is 3. The van der Waals surface area contributed by atoms with Crippen LogP contribution in [-0.4, -0.2) is 61.3 Å². The number of allylic oxidation sites excluding steroid dienone is 1. The van der Waals surface area contributed by atoms with Gasteiger partial charge in [0.2, 0.25) is 6.41 Å². The van der Waals surface area contributed by atoms with E-state index in [2.05, 4.69) is 4.90 Å². The summed E-state index contributed by atoms with van der Waals surface area (Å²) < 4.78 is 40.9.